The molecule has 2 aliphatic rings. The van der Waals surface area contributed by atoms with Crippen LogP contribution in [0.1, 0.15) is 20.8 Å². The molecule has 0 aliphatic carbocycles. The highest BCUT2D eigenvalue weighted by Crippen LogP contribution is 2.13. The van der Waals surface area contributed by atoms with Gasteiger partial charge in [0.15, 0.2) is 0 Å². The Balaban J connectivity index is 1.97. The topological polar surface area (TPSA) is 65.1 Å². The van der Waals surface area contributed by atoms with E-state index >= 15 is 0 Å². The van der Waals surface area contributed by atoms with Crippen molar-refractivity contribution in [1.29, 1.82) is 0 Å². The quantitative estimate of drug-likeness (QED) is 0.738. The van der Waals surface area contributed by atoms with Crippen LogP contribution >= 0.6 is 0 Å². The van der Waals surface area contributed by atoms with E-state index in [2.05, 4.69) is 5.32 Å². The van der Waals surface area contributed by atoms with Crippen LogP contribution in [-0.4, -0.2) is 91.2 Å². The molecule has 2 heterocycles. The van der Waals surface area contributed by atoms with E-state index in [9.17, 15) is 9.59 Å². The van der Waals surface area contributed by atoms with E-state index in [1.54, 1.807) is 4.90 Å². The molecule has 126 valence electrons. The summed E-state index contributed by atoms with van der Waals surface area (Å²) in [5, 5.41) is 3.01. The third-order valence-corrected chi connectivity index (χ3v) is 4.00. The molecule has 7 heteroatoms. The molecule has 2 rings (SSSR count). The second-order valence-corrected chi connectivity index (χ2v) is 7.06. The lowest BCUT2D eigenvalue weighted by atomic mass is 10.1. The number of amides is 3. The summed E-state index contributed by atoms with van der Waals surface area (Å²) in [6.07, 6.45) is 0. The van der Waals surface area contributed by atoms with Crippen molar-refractivity contribution in [2.24, 2.45) is 0 Å². The van der Waals surface area contributed by atoms with E-state index < -0.39 is 0 Å². The number of nitrogens with zero attached hydrogens (tertiary/aromatic N) is 3. The Hall–Kier alpha value is -1.34. The van der Waals surface area contributed by atoms with Crippen LogP contribution in [0.4, 0.5) is 4.79 Å². The van der Waals surface area contributed by atoms with Crippen LogP contribution in [0, 0.1) is 0 Å². The molecule has 0 saturated carbocycles. The summed E-state index contributed by atoms with van der Waals surface area (Å²) in [5.41, 5.74) is -0.269. The lowest BCUT2D eigenvalue weighted by molar-refractivity contribution is -0.129. The molecular formula is C15H28N4O3. The molecule has 2 aliphatic heterocycles. The second kappa shape index (κ2) is 6.83. The molecular weight excluding hydrogens is 284 g/mol. The van der Waals surface area contributed by atoms with Crippen LogP contribution in [0.2, 0.25) is 0 Å². The molecule has 0 aromatic carbocycles. The molecule has 7 nitrogen and oxygen atoms in total. The van der Waals surface area contributed by atoms with Gasteiger partial charge in [-0.15, -0.1) is 0 Å². The maximum absolute atomic E-state index is 12.6. The third-order valence-electron chi connectivity index (χ3n) is 4.00. The number of hydrogen-bond acceptors (Lipinski definition) is 4. The summed E-state index contributed by atoms with van der Waals surface area (Å²) >= 11 is 0. The summed E-state index contributed by atoms with van der Waals surface area (Å²) in [5.74, 6) is -0.0190. The lowest BCUT2D eigenvalue weighted by Gasteiger charge is -2.41. The van der Waals surface area contributed by atoms with Crippen molar-refractivity contribution >= 4 is 11.9 Å². The minimum absolute atomic E-state index is 0.0185. The van der Waals surface area contributed by atoms with E-state index in [0.29, 0.717) is 45.9 Å². The Labute approximate surface area is 132 Å². The average Bonchev–Trinajstić information content (AvgIpc) is 2.46. The monoisotopic (exact) mass is 312 g/mol. The van der Waals surface area contributed by atoms with Crippen LogP contribution in [0.25, 0.3) is 0 Å². The van der Waals surface area contributed by atoms with Crippen molar-refractivity contribution in [3.05, 3.63) is 0 Å². The van der Waals surface area contributed by atoms with Gasteiger partial charge in [-0.2, -0.15) is 0 Å². The van der Waals surface area contributed by atoms with Crippen molar-refractivity contribution in [2.45, 2.75) is 32.4 Å². The maximum Gasteiger partial charge on any atom is 0.320 e. The first kappa shape index (κ1) is 17.0. The minimum Gasteiger partial charge on any atom is -0.378 e. The van der Waals surface area contributed by atoms with E-state index in [1.165, 1.54) is 0 Å². The Bertz CT molecular complexity index is 416. The molecule has 0 radical (unpaired) electrons. The van der Waals surface area contributed by atoms with Crippen molar-refractivity contribution in [3.8, 4) is 0 Å². The van der Waals surface area contributed by atoms with Gasteiger partial charge in [-0.05, 0) is 27.8 Å². The molecule has 2 fully saturated rings. The normalized spacial score (nSPS) is 24.3. The predicted octanol–water partition coefficient (Wildman–Crippen LogP) is -0.0307. The fourth-order valence-corrected chi connectivity index (χ4v) is 2.74. The van der Waals surface area contributed by atoms with Crippen molar-refractivity contribution in [2.75, 3.05) is 53.0 Å². The van der Waals surface area contributed by atoms with Gasteiger partial charge in [0.05, 0.1) is 13.2 Å². The molecule has 0 spiro atoms. The molecule has 2 saturated heterocycles. The summed E-state index contributed by atoms with van der Waals surface area (Å²) in [4.78, 5) is 30.6. The first-order valence-electron chi connectivity index (χ1n) is 7.92. The molecule has 0 unspecified atom stereocenters. The van der Waals surface area contributed by atoms with E-state index in [-0.39, 0.29) is 23.5 Å². The van der Waals surface area contributed by atoms with Gasteiger partial charge < -0.3 is 19.9 Å². The zero-order valence-electron chi connectivity index (χ0n) is 14.1. The number of ether oxygens (including phenoxy) is 1. The molecule has 22 heavy (non-hydrogen) atoms. The van der Waals surface area contributed by atoms with Gasteiger partial charge in [0.2, 0.25) is 5.91 Å². The van der Waals surface area contributed by atoms with Gasteiger partial charge in [0.1, 0.15) is 6.04 Å². The van der Waals surface area contributed by atoms with Gasteiger partial charge >= 0.3 is 6.03 Å². The maximum atomic E-state index is 12.6. The number of urea groups is 1. The fourth-order valence-electron chi connectivity index (χ4n) is 2.74. The third kappa shape index (κ3) is 4.33. The van der Waals surface area contributed by atoms with E-state index in [4.69, 9.17) is 4.74 Å². The number of carbonyl (C=O) groups excluding carboxylic acids is 2. The van der Waals surface area contributed by atoms with Crippen LogP contribution in [0.15, 0.2) is 0 Å². The van der Waals surface area contributed by atoms with Gasteiger partial charge in [0.25, 0.3) is 0 Å². The van der Waals surface area contributed by atoms with Crippen molar-refractivity contribution in [1.82, 2.24) is 20.0 Å². The number of piperazine rings is 1. The van der Waals surface area contributed by atoms with Crippen LogP contribution in [-0.2, 0) is 9.53 Å². The standard InChI is InChI=1S/C15H28N4O3/c1-15(2,3)16-13(20)12-11-19(6-5-17(12)4)14(21)18-7-9-22-10-8-18/h12H,5-11H2,1-4H3,(H,16,20)/t12-/m0/s1. The van der Waals surface area contributed by atoms with E-state index in [1.807, 2.05) is 37.6 Å². The number of hydrogen-bond donors (Lipinski definition) is 1. The Kier molecular flexibility index (Phi) is 5.28. The van der Waals surface area contributed by atoms with E-state index in [0.717, 1.165) is 0 Å². The second-order valence-electron chi connectivity index (χ2n) is 7.06. The van der Waals surface area contributed by atoms with Crippen LogP contribution < -0.4 is 5.32 Å². The molecule has 0 bridgehead atoms. The Morgan fingerprint density at radius 1 is 1.05 bits per heavy atom. The van der Waals surface area contributed by atoms with Crippen LogP contribution in [0.5, 0.6) is 0 Å². The first-order chi connectivity index (χ1) is 10.3. The largest absolute Gasteiger partial charge is 0.378 e. The summed E-state index contributed by atoms with van der Waals surface area (Å²) in [6.45, 7) is 10.1. The summed E-state index contributed by atoms with van der Waals surface area (Å²) in [6, 6.07) is -0.275. The number of likely N-dealkylation sites (N-methyl/N-ethyl adjacent to an activating group) is 1. The molecule has 0 aromatic heterocycles. The predicted molar refractivity (Wildman–Crippen MR) is 83.7 cm³/mol. The van der Waals surface area contributed by atoms with Crippen molar-refractivity contribution in [3.63, 3.8) is 0 Å². The first-order valence-corrected chi connectivity index (χ1v) is 7.92. The van der Waals surface area contributed by atoms with Gasteiger partial charge in [-0.25, -0.2) is 4.79 Å². The summed E-state index contributed by atoms with van der Waals surface area (Å²) in [7, 11) is 1.93. The molecule has 3 amide bonds. The van der Waals surface area contributed by atoms with Gasteiger partial charge in [-0.1, -0.05) is 0 Å². The molecule has 1 atom stereocenters. The average molecular weight is 312 g/mol. The lowest BCUT2D eigenvalue weighted by Crippen LogP contribution is -2.62. The minimum atomic E-state index is -0.294. The zero-order chi connectivity index (χ0) is 16.3. The molecule has 0 aromatic rings. The molecule has 1 N–H and O–H groups in total. The van der Waals surface area contributed by atoms with Crippen molar-refractivity contribution < 1.29 is 14.3 Å². The Morgan fingerprint density at radius 3 is 2.27 bits per heavy atom. The highest BCUT2D eigenvalue weighted by atomic mass is 16.5. The summed E-state index contributed by atoms with van der Waals surface area (Å²) < 4.78 is 5.28. The number of nitrogens with one attached hydrogen (secondary N) is 1. The number of carbonyl (C=O) groups is 2. The Morgan fingerprint density at radius 2 is 1.68 bits per heavy atom. The van der Waals surface area contributed by atoms with Crippen LogP contribution in [0.3, 0.4) is 0 Å². The highest BCUT2D eigenvalue weighted by molar-refractivity contribution is 5.84. The van der Waals surface area contributed by atoms with Gasteiger partial charge in [-0.3, -0.25) is 9.69 Å². The fraction of sp³-hybridized carbons (Fsp3) is 0.867. The smallest absolute Gasteiger partial charge is 0.320 e. The SMILES string of the molecule is CN1CCN(C(=O)N2CCOCC2)C[C@H]1C(=O)NC(C)(C)C. The van der Waals surface area contributed by atoms with Gasteiger partial charge in [0, 0.05) is 38.3 Å². The number of morpholine rings is 1. The zero-order valence-corrected chi connectivity index (χ0v) is 14.1. The highest BCUT2D eigenvalue weighted by Gasteiger charge is 2.35. The number of rotatable bonds is 1.